The van der Waals surface area contributed by atoms with Crippen LogP contribution in [0.5, 0.6) is 0 Å². The fourth-order valence-corrected chi connectivity index (χ4v) is 4.86. The Labute approximate surface area is 149 Å². The highest BCUT2D eigenvalue weighted by atomic mass is 79.9. The van der Waals surface area contributed by atoms with Crippen LogP contribution >= 0.6 is 15.9 Å². The Kier molecular flexibility index (Phi) is 4.26. The molecule has 2 bridgehead atoms. The van der Waals surface area contributed by atoms with Crippen LogP contribution in [0.3, 0.4) is 0 Å². The van der Waals surface area contributed by atoms with Gasteiger partial charge in [-0.15, -0.1) is 0 Å². The lowest BCUT2D eigenvalue weighted by Gasteiger charge is -2.62. The van der Waals surface area contributed by atoms with Crippen LogP contribution in [0, 0.1) is 23.2 Å². The highest BCUT2D eigenvalue weighted by molar-refractivity contribution is 9.10. The lowest BCUT2D eigenvalue weighted by Crippen LogP contribution is -2.58. The number of carboxylic acid groups (broad SMARTS) is 1. The maximum atomic E-state index is 12.4. The molecule has 0 spiro atoms. The van der Waals surface area contributed by atoms with Crippen LogP contribution in [0.15, 0.2) is 15.5 Å². The number of carbonyl (C=O) groups is 1. The molecular weight excluding hydrogens is 374 g/mol. The lowest BCUT2D eigenvalue weighted by molar-refractivity contribution is -0.140. The van der Waals surface area contributed by atoms with E-state index >= 15 is 0 Å². The van der Waals surface area contributed by atoms with Gasteiger partial charge in [0.1, 0.15) is 4.47 Å². The fourth-order valence-electron chi connectivity index (χ4n) is 4.47. The molecule has 0 saturated heterocycles. The summed E-state index contributed by atoms with van der Waals surface area (Å²) in [4.78, 5) is 23.5. The van der Waals surface area contributed by atoms with E-state index in [4.69, 9.17) is 5.11 Å². The molecule has 0 aliphatic heterocycles. The third kappa shape index (κ3) is 2.57. The summed E-state index contributed by atoms with van der Waals surface area (Å²) in [5, 5.41) is 16.6. The third-order valence-electron chi connectivity index (χ3n) is 6.36. The number of fused-ring (bicyclic) bond motifs is 2. The van der Waals surface area contributed by atoms with Crippen molar-refractivity contribution < 1.29 is 9.90 Å². The second-order valence-corrected chi connectivity index (χ2v) is 8.64. The van der Waals surface area contributed by atoms with Crippen LogP contribution in [0.25, 0.3) is 0 Å². The van der Waals surface area contributed by atoms with Crippen molar-refractivity contribution in [2.45, 2.75) is 52.6 Å². The zero-order valence-corrected chi connectivity index (χ0v) is 16.0. The van der Waals surface area contributed by atoms with Gasteiger partial charge in [0.25, 0.3) is 5.56 Å². The van der Waals surface area contributed by atoms with Crippen molar-refractivity contribution in [1.29, 1.82) is 0 Å². The van der Waals surface area contributed by atoms with Crippen molar-refractivity contribution in [3.05, 3.63) is 21.0 Å². The molecule has 132 valence electrons. The van der Waals surface area contributed by atoms with Gasteiger partial charge in [0.05, 0.1) is 11.9 Å². The summed E-state index contributed by atoms with van der Waals surface area (Å²) in [6.07, 6.45) is 3.93. The Hall–Kier alpha value is -1.37. The molecule has 2 N–H and O–H groups in total. The third-order valence-corrected chi connectivity index (χ3v) is 7.13. The normalized spacial score (nSPS) is 31.9. The van der Waals surface area contributed by atoms with E-state index in [1.54, 1.807) is 6.20 Å². The first-order valence-electron chi connectivity index (χ1n) is 8.41. The molecule has 1 aromatic heterocycles. The Bertz CT molecular complexity index is 730. The molecule has 0 radical (unpaired) electrons. The van der Waals surface area contributed by atoms with Gasteiger partial charge in [-0.1, -0.05) is 20.8 Å². The van der Waals surface area contributed by atoms with Gasteiger partial charge < -0.3 is 10.4 Å². The van der Waals surface area contributed by atoms with Gasteiger partial charge in [-0.25, -0.2) is 9.48 Å². The summed E-state index contributed by atoms with van der Waals surface area (Å²) in [5.41, 5.74) is 0.626. The zero-order valence-electron chi connectivity index (χ0n) is 14.4. The van der Waals surface area contributed by atoms with E-state index in [1.165, 1.54) is 13.3 Å². The molecule has 0 aromatic carbocycles. The Morgan fingerprint density at radius 3 is 2.71 bits per heavy atom. The predicted octanol–water partition coefficient (Wildman–Crippen LogP) is 3.13. The van der Waals surface area contributed by atoms with E-state index in [1.807, 2.05) is 0 Å². The minimum Gasteiger partial charge on any atom is -0.480 e. The SMILES string of the molecule is CC(C(=O)O)n1ncc(N[C@@H]2C[C@H]3C[C@H]([C@@H]2C)C3(C)C)c(Br)c1=O. The van der Waals surface area contributed by atoms with E-state index in [-0.39, 0.29) is 0 Å². The van der Waals surface area contributed by atoms with E-state index in [0.717, 1.165) is 17.0 Å². The van der Waals surface area contributed by atoms with E-state index in [0.29, 0.717) is 33.5 Å². The minimum absolute atomic E-state index is 0.312. The standard InChI is InChI=1S/C17H24BrN3O3/c1-8-11-5-10(17(11,3)4)6-12(8)20-13-7-19-21(9(2)16(23)24)15(22)14(13)18/h7-12,20H,5-6H2,1-4H3,(H,23,24)/t8-,9?,10+,11+,12+/m0/s1. The van der Waals surface area contributed by atoms with Gasteiger partial charge in [-0.05, 0) is 58.9 Å². The number of carboxylic acids is 1. The Morgan fingerprint density at radius 1 is 1.50 bits per heavy atom. The van der Waals surface area contributed by atoms with Gasteiger partial charge >= 0.3 is 5.97 Å². The number of nitrogens with zero attached hydrogens (tertiary/aromatic N) is 2. The number of aliphatic carboxylic acids is 1. The molecule has 4 rings (SSSR count). The van der Waals surface area contributed by atoms with Gasteiger partial charge in [0, 0.05) is 6.04 Å². The first-order valence-corrected chi connectivity index (χ1v) is 9.20. The smallest absolute Gasteiger partial charge is 0.328 e. The first kappa shape index (κ1) is 17.5. The molecule has 7 heteroatoms. The molecule has 3 fully saturated rings. The lowest BCUT2D eigenvalue weighted by atomic mass is 9.45. The molecule has 1 aromatic rings. The summed E-state index contributed by atoms with van der Waals surface area (Å²) in [5.74, 6) is 0.862. The highest BCUT2D eigenvalue weighted by Crippen LogP contribution is 2.61. The zero-order chi connectivity index (χ0) is 17.8. The number of aromatic nitrogens is 2. The number of anilines is 1. The molecular formula is C17H24BrN3O3. The van der Waals surface area contributed by atoms with Crippen LogP contribution in [-0.4, -0.2) is 26.9 Å². The number of nitrogens with one attached hydrogen (secondary N) is 1. The molecule has 24 heavy (non-hydrogen) atoms. The van der Waals surface area contributed by atoms with Crippen molar-refractivity contribution in [2.75, 3.05) is 5.32 Å². The Morgan fingerprint density at radius 2 is 2.17 bits per heavy atom. The largest absolute Gasteiger partial charge is 0.480 e. The average Bonchev–Trinajstić information content (AvgIpc) is 2.52. The monoisotopic (exact) mass is 397 g/mol. The van der Waals surface area contributed by atoms with Crippen molar-refractivity contribution in [3.8, 4) is 0 Å². The molecule has 3 aliphatic carbocycles. The highest BCUT2D eigenvalue weighted by Gasteiger charge is 2.56. The van der Waals surface area contributed by atoms with Crippen LogP contribution in [0.4, 0.5) is 5.69 Å². The van der Waals surface area contributed by atoms with E-state index < -0.39 is 17.6 Å². The number of hydrogen-bond donors (Lipinski definition) is 2. The van der Waals surface area contributed by atoms with Gasteiger partial charge in [0.15, 0.2) is 6.04 Å². The molecule has 6 nitrogen and oxygen atoms in total. The number of rotatable bonds is 4. The molecule has 1 unspecified atom stereocenters. The van der Waals surface area contributed by atoms with Gasteiger partial charge in [0.2, 0.25) is 0 Å². The maximum Gasteiger partial charge on any atom is 0.328 e. The minimum atomic E-state index is -1.08. The summed E-state index contributed by atoms with van der Waals surface area (Å²) in [6, 6.07) is -0.683. The molecule has 3 aliphatic rings. The molecule has 3 saturated carbocycles. The van der Waals surface area contributed by atoms with E-state index in [2.05, 4.69) is 47.1 Å². The molecule has 1 heterocycles. The summed E-state index contributed by atoms with van der Waals surface area (Å²) in [6.45, 7) is 8.42. The van der Waals surface area contributed by atoms with Gasteiger partial charge in [-0.2, -0.15) is 5.10 Å². The van der Waals surface area contributed by atoms with Crippen molar-refractivity contribution in [2.24, 2.45) is 23.2 Å². The molecule has 5 atom stereocenters. The first-order chi connectivity index (χ1) is 11.1. The maximum absolute atomic E-state index is 12.4. The van der Waals surface area contributed by atoms with Crippen LogP contribution in [0.2, 0.25) is 0 Å². The second kappa shape index (κ2) is 5.86. The van der Waals surface area contributed by atoms with Gasteiger partial charge in [-0.3, -0.25) is 4.79 Å². The topological polar surface area (TPSA) is 84.2 Å². The second-order valence-electron chi connectivity index (χ2n) is 7.84. The van der Waals surface area contributed by atoms with E-state index in [9.17, 15) is 9.59 Å². The summed E-state index contributed by atoms with van der Waals surface area (Å²) in [7, 11) is 0. The predicted molar refractivity (Wildman–Crippen MR) is 95.1 cm³/mol. The average molecular weight is 398 g/mol. The van der Waals surface area contributed by atoms with Crippen molar-refractivity contribution >= 4 is 27.6 Å². The fraction of sp³-hybridized carbons (Fsp3) is 0.706. The number of hydrogen-bond acceptors (Lipinski definition) is 4. The Balaban J connectivity index is 1.81. The summed E-state index contributed by atoms with van der Waals surface area (Å²) >= 11 is 3.32. The van der Waals surface area contributed by atoms with Crippen molar-refractivity contribution in [3.63, 3.8) is 0 Å². The van der Waals surface area contributed by atoms with Crippen LogP contribution in [0.1, 0.15) is 46.6 Å². The summed E-state index contributed by atoms with van der Waals surface area (Å²) < 4.78 is 1.33. The quantitative estimate of drug-likeness (QED) is 0.814. The van der Waals surface area contributed by atoms with Crippen molar-refractivity contribution in [1.82, 2.24) is 9.78 Å². The molecule has 0 amide bonds. The number of halogens is 1. The van der Waals surface area contributed by atoms with Crippen LogP contribution in [-0.2, 0) is 4.79 Å². The van der Waals surface area contributed by atoms with Crippen LogP contribution < -0.4 is 10.9 Å².